The number of hydrogen-bond acceptors (Lipinski definition) is 3. The Kier molecular flexibility index (Phi) is 3.82. The fourth-order valence-electron chi connectivity index (χ4n) is 1.98. The molecule has 94 valence electrons. The maximum atomic E-state index is 6.04. The molecular formula is C15H19N3. The summed E-state index contributed by atoms with van der Waals surface area (Å²) >= 11 is 0. The largest absolute Gasteiger partial charge is 0.397 e. The molecule has 3 heteroatoms. The van der Waals surface area contributed by atoms with Gasteiger partial charge in [0.05, 0.1) is 11.4 Å². The lowest BCUT2D eigenvalue weighted by Crippen LogP contribution is -2.21. The second-order valence-corrected chi connectivity index (χ2v) is 4.60. The van der Waals surface area contributed by atoms with E-state index in [4.69, 9.17) is 5.73 Å². The van der Waals surface area contributed by atoms with Gasteiger partial charge < -0.3 is 10.6 Å². The summed E-state index contributed by atoms with van der Waals surface area (Å²) in [6, 6.07) is 10.2. The van der Waals surface area contributed by atoms with Crippen molar-refractivity contribution in [1.29, 1.82) is 0 Å². The van der Waals surface area contributed by atoms with E-state index in [-0.39, 0.29) is 0 Å². The molecule has 0 spiro atoms. The molecule has 0 bridgehead atoms. The van der Waals surface area contributed by atoms with Crippen molar-refractivity contribution < 1.29 is 0 Å². The van der Waals surface area contributed by atoms with E-state index in [1.165, 1.54) is 11.1 Å². The normalized spacial score (nSPS) is 10.3. The summed E-state index contributed by atoms with van der Waals surface area (Å²) < 4.78 is 0. The zero-order valence-electron chi connectivity index (χ0n) is 10.9. The Morgan fingerprint density at radius 3 is 2.78 bits per heavy atom. The molecule has 3 nitrogen and oxygen atoms in total. The van der Waals surface area contributed by atoms with E-state index >= 15 is 0 Å². The first kappa shape index (κ1) is 12.4. The van der Waals surface area contributed by atoms with Crippen molar-refractivity contribution in [3.63, 3.8) is 0 Å². The maximum Gasteiger partial charge on any atom is 0.0597 e. The molecule has 18 heavy (non-hydrogen) atoms. The number of anilines is 2. The monoisotopic (exact) mass is 241 g/mol. The molecule has 0 saturated carbocycles. The number of nitrogen functional groups attached to an aromatic ring is 1. The SMILES string of the molecule is Cc1ccc(N(C)CCc2cccnc2)c(N)c1. The van der Waals surface area contributed by atoms with Gasteiger partial charge >= 0.3 is 0 Å². The van der Waals surface area contributed by atoms with Crippen molar-refractivity contribution in [2.45, 2.75) is 13.3 Å². The van der Waals surface area contributed by atoms with E-state index in [2.05, 4.69) is 42.1 Å². The van der Waals surface area contributed by atoms with Crippen LogP contribution in [-0.4, -0.2) is 18.6 Å². The number of nitrogens with two attached hydrogens (primary N) is 1. The lowest BCUT2D eigenvalue weighted by atomic mass is 10.1. The summed E-state index contributed by atoms with van der Waals surface area (Å²) in [6.07, 6.45) is 4.68. The van der Waals surface area contributed by atoms with Gasteiger partial charge in [-0.05, 0) is 42.7 Å². The van der Waals surface area contributed by atoms with Crippen LogP contribution in [0, 0.1) is 6.92 Å². The van der Waals surface area contributed by atoms with Crippen LogP contribution in [0.5, 0.6) is 0 Å². The molecule has 1 aromatic carbocycles. The minimum absolute atomic E-state index is 0.837. The highest BCUT2D eigenvalue weighted by atomic mass is 15.1. The van der Waals surface area contributed by atoms with Crippen LogP contribution in [0.15, 0.2) is 42.7 Å². The molecule has 1 heterocycles. The van der Waals surface area contributed by atoms with Crippen LogP contribution in [0.4, 0.5) is 11.4 Å². The highest BCUT2D eigenvalue weighted by Crippen LogP contribution is 2.23. The lowest BCUT2D eigenvalue weighted by molar-refractivity contribution is 0.873. The summed E-state index contributed by atoms with van der Waals surface area (Å²) in [6.45, 7) is 2.98. The second-order valence-electron chi connectivity index (χ2n) is 4.60. The topological polar surface area (TPSA) is 42.2 Å². The number of likely N-dealkylation sites (N-methyl/N-ethyl adjacent to an activating group) is 1. The van der Waals surface area contributed by atoms with E-state index in [1.807, 2.05) is 18.3 Å². The summed E-state index contributed by atoms with van der Waals surface area (Å²) in [7, 11) is 2.07. The zero-order chi connectivity index (χ0) is 13.0. The van der Waals surface area contributed by atoms with Crippen LogP contribution < -0.4 is 10.6 Å². The number of benzene rings is 1. The number of nitrogens with zero attached hydrogens (tertiary/aromatic N) is 2. The molecule has 0 radical (unpaired) electrons. The Hall–Kier alpha value is -2.03. The van der Waals surface area contributed by atoms with Gasteiger partial charge in [0.15, 0.2) is 0 Å². The van der Waals surface area contributed by atoms with Crippen molar-refractivity contribution in [3.8, 4) is 0 Å². The molecule has 2 N–H and O–H groups in total. The van der Waals surface area contributed by atoms with Crippen molar-refractivity contribution in [1.82, 2.24) is 4.98 Å². The van der Waals surface area contributed by atoms with Gasteiger partial charge in [0.25, 0.3) is 0 Å². The number of aryl methyl sites for hydroxylation is 1. The lowest BCUT2D eigenvalue weighted by Gasteiger charge is -2.21. The van der Waals surface area contributed by atoms with Crippen molar-refractivity contribution in [3.05, 3.63) is 53.9 Å². The molecule has 2 rings (SSSR count). The fourth-order valence-corrected chi connectivity index (χ4v) is 1.98. The summed E-state index contributed by atoms with van der Waals surface area (Å²) in [5.74, 6) is 0. The molecule has 1 aromatic heterocycles. The van der Waals surface area contributed by atoms with Gasteiger partial charge in [0.1, 0.15) is 0 Å². The predicted octanol–water partition coefficient (Wildman–Crippen LogP) is 2.65. The van der Waals surface area contributed by atoms with E-state index in [9.17, 15) is 0 Å². The standard InChI is InChI=1S/C15H19N3/c1-12-5-6-15(14(16)10-12)18(2)9-7-13-4-3-8-17-11-13/h3-6,8,10-11H,7,9,16H2,1-2H3. The molecule has 0 unspecified atom stereocenters. The van der Waals surface area contributed by atoms with Crippen LogP contribution in [0.1, 0.15) is 11.1 Å². The second kappa shape index (κ2) is 5.54. The number of hydrogen-bond donors (Lipinski definition) is 1. The Morgan fingerprint density at radius 1 is 1.28 bits per heavy atom. The Balaban J connectivity index is 2.01. The van der Waals surface area contributed by atoms with E-state index < -0.39 is 0 Å². The van der Waals surface area contributed by atoms with E-state index in [1.54, 1.807) is 6.20 Å². The molecule has 0 fully saturated rings. The first-order valence-electron chi connectivity index (χ1n) is 6.13. The molecule has 2 aromatic rings. The van der Waals surface area contributed by atoms with Crippen molar-refractivity contribution in [2.75, 3.05) is 24.2 Å². The molecule has 0 aliphatic heterocycles. The molecule has 0 atom stereocenters. The fraction of sp³-hybridized carbons (Fsp3) is 0.267. The Bertz CT molecular complexity index is 508. The van der Waals surface area contributed by atoms with Crippen LogP contribution in [-0.2, 0) is 6.42 Å². The van der Waals surface area contributed by atoms with Crippen molar-refractivity contribution in [2.24, 2.45) is 0 Å². The van der Waals surface area contributed by atoms with Gasteiger partial charge in [-0.1, -0.05) is 12.1 Å². The molecule has 0 amide bonds. The van der Waals surface area contributed by atoms with Crippen LogP contribution in [0.3, 0.4) is 0 Å². The summed E-state index contributed by atoms with van der Waals surface area (Å²) in [4.78, 5) is 6.30. The van der Waals surface area contributed by atoms with Crippen LogP contribution >= 0.6 is 0 Å². The molecule has 0 saturated heterocycles. The number of pyridine rings is 1. The quantitative estimate of drug-likeness (QED) is 0.837. The number of aromatic nitrogens is 1. The zero-order valence-corrected chi connectivity index (χ0v) is 10.9. The highest BCUT2D eigenvalue weighted by Gasteiger charge is 2.05. The van der Waals surface area contributed by atoms with Gasteiger partial charge in [-0.3, -0.25) is 4.98 Å². The Labute approximate surface area is 108 Å². The summed E-state index contributed by atoms with van der Waals surface area (Å²) in [5, 5.41) is 0. The minimum atomic E-state index is 0.837. The Morgan fingerprint density at radius 2 is 2.11 bits per heavy atom. The average Bonchev–Trinajstić information content (AvgIpc) is 2.37. The minimum Gasteiger partial charge on any atom is -0.397 e. The average molecular weight is 241 g/mol. The third kappa shape index (κ3) is 3.00. The third-order valence-corrected chi connectivity index (χ3v) is 3.05. The first-order chi connectivity index (χ1) is 8.66. The van der Waals surface area contributed by atoms with Gasteiger partial charge in [-0.2, -0.15) is 0 Å². The van der Waals surface area contributed by atoms with E-state index in [0.717, 1.165) is 24.3 Å². The van der Waals surface area contributed by atoms with Crippen LogP contribution in [0.2, 0.25) is 0 Å². The molecular weight excluding hydrogens is 222 g/mol. The third-order valence-electron chi connectivity index (χ3n) is 3.05. The number of rotatable bonds is 4. The van der Waals surface area contributed by atoms with Crippen LogP contribution in [0.25, 0.3) is 0 Å². The maximum absolute atomic E-state index is 6.04. The molecule has 0 aliphatic carbocycles. The van der Waals surface area contributed by atoms with Gasteiger partial charge in [-0.25, -0.2) is 0 Å². The predicted molar refractivity (Wildman–Crippen MR) is 76.8 cm³/mol. The highest BCUT2D eigenvalue weighted by molar-refractivity contribution is 5.68. The first-order valence-corrected chi connectivity index (χ1v) is 6.13. The van der Waals surface area contributed by atoms with Crippen molar-refractivity contribution >= 4 is 11.4 Å². The van der Waals surface area contributed by atoms with Gasteiger partial charge in [0, 0.05) is 26.0 Å². The van der Waals surface area contributed by atoms with E-state index in [0.29, 0.717) is 0 Å². The molecule has 0 aliphatic rings. The summed E-state index contributed by atoms with van der Waals surface area (Å²) in [5.41, 5.74) is 10.4. The van der Waals surface area contributed by atoms with Gasteiger partial charge in [0.2, 0.25) is 0 Å². The van der Waals surface area contributed by atoms with Gasteiger partial charge in [-0.15, -0.1) is 0 Å². The smallest absolute Gasteiger partial charge is 0.0597 e.